The van der Waals surface area contributed by atoms with E-state index in [1.807, 2.05) is 12.1 Å². The van der Waals surface area contributed by atoms with Crippen molar-refractivity contribution in [2.75, 3.05) is 26.2 Å². The third-order valence-electron chi connectivity index (χ3n) is 10.6. The van der Waals surface area contributed by atoms with Crippen LogP contribution in [0.1, 0.15) is 65.6 Å². The summed E-state index contributed by atoms with van der Waals surface area (Å²) in [5.74, 6) is -0.933. The van der Waals surface area contributed by atoms with Gasteiger partial charge in [-0.3, -0.25) is 15.0 Å². The molecule has 1 aliphatic carbocycles. The molecule has 3 atom stereocenters. The molecule has 3 aromatic carbocycles. The van der Waals surface area contributed by atoms with Gasteiger partial charge in [0.05, 0.1) is 13.0 Å². The van der Waals surface area contributed by atoms with Gasteiger partial charge in [0.1, 0.15) is 34.1 Å². The lowest BCUT2D eigenvalue weighted by molar-refractivity contribution is -0.377. The smallest absolute Gasteiger partial charge is 0.387 e. The highest BCUT2D eigenvalue weighted by Gasteiger charge is 2.38. The van der Waals surface area contributed by atoms with Crippen LogP contribution >= 0.6 is 23.2 Å². The Balaban J connectivity index is 1.03. The van der Waals surface area contributed by atoms with Crippen molar-refractivity contribution in [2.24, 2.45) is 11.8 Å². The minimum absolute atomic E-state index is 0.0877. The SMILES string of the molecule is O=C(Cc1ccc(CNC(C(=O)O[C@H]2CN3CCC2CC3)c2ccccc2F)cc1)O[C@@H](Cc1c(Cl)c[nH+]cc1Cl)c1ccc(OC(F)F)c(OCC2CC2)c1. The molecule has 2 bridgehead atoms. The molecule has 56 heavy (non-hydrogen) atoms. The summed E-state index contributed by atoms with van der Waals surface area (Å²) in [6.07, 6.45) is 5.93. The van der Waals surface area contributed by atoms with E-state index < -0.39 is 36.5 Å². The van der Waals surface area contributed by atoms with Gasteiger partial charge in [-0.1, -0.05) is 71.7 Å². The number of carbonyl (C=O) groups excluding carboxylic acids is 2. The second kappa shape index (κ2) is 18.3. The van der Waals surface area contributed by atoms with Crippen molar-refractivity contribution >= 4 is 35.1 Å². The molecule has 4 aromatic rings. The number of carbonyl (C=O) groups is 2. The number of benzene rings is 3. The molecule has 296 valence electrons. The van der Waals surface area contributed by atoms with Gasteiger partial charge in [0.25, 0.3) is 0 Å². The number of hydrogen-bond donors (Lipinski definition) is 1. The van der Waals surface area contributed by atoms with Gasteiger partial charge in [-0.25, -0.2) is 14.2 Å². The quantitative estimate of drug-likeness (QED) is 0.108. The van der Waals surface area contributed by atoms with Crippen molar-refractivity contribution in [2.45, 2.75) is 69.9 Å². The maximum absolute atomic E-state index is 15.0. The number of aromatic nitrogens is 1. The number of fused-ring (bicyclic) bond motifs is 3. The van der Waals surface area contributed by atoms with Crippen molar-refractivity contribution < 1.29 is 46.7 Å². The van der Waals surface area contributed by atoms with Crippen molar-refractivity contribution in [1.29, 1.82) is 0 Å². The average molecular weight is 814 g/mol. The zero-order valence-corrected chi connectivity index (χ0v) is 32.0. The zero-order chi connectivity index (χ0) is 39.2. The fourth-order valence-corrected chi connectivity index (χ4v) is 7.79. The molecule has 4 aliphatic rings. The summed E-state index contributed by atoms with van der Waals surface area (Å²) in [5.41, 5.74) is 2.66. The number of halogens is 5. The molecule has 0 spiro atoms. The molecule has 3 aliphatic heterocycles. The number of nitrogens with one attached hydrogen (secondary N) is 2. The van der Waals surface area contributed by atoms with Crippen LogP contribution in [0.25, 0.3) is 0 Å². The normalized spacial score (nSPS) is 20.0. The van der Waals surface area contributed by atoms with E-state index >= 15 is 0 Å². The average Bonchev–Trinajstić information content (AvgIpc) is 4.02. The molecule has 14 heteroatoms. The van der Waals surface area contributed by atoms with Gasteiger partial charge in [-0.15, -0.1) is 0 Å². The first-order valence-corrected chi connectivity index (χ1v) is 19.6. The van der Waals surface area contributed by atoms with Crippen LogP contribution in [-0.2, 0) is 38.4 Å². The van der Waals surface area contributed by atoms with Crippen molar-refractivity contribution in [1.82, 2.24) is 10.2 Å². The number of nitrogens with zero attached hydrogens (tertiary/aromatic N) is 1. The molecule has 4 fully saturated rings. The van der Waals surface area contributed by atoms with E-state index in [0.717, 1.165) is 44.3 Å². The standard InChI is InChI=1S/C42H42Cl2F3N3O6/c43-32-21-48-22-33(44)31(32)19-36(29-11-12-35(56-42(46)47)37(18-29)53-24-27-9-10-27)54-39(51)17-25-5-7-26(8-6-25)20-49-40(30-3-1-2-4-34(30)45)41(52)55-38-23-50-15-13-28(38)14-16-50/h1-8,11-12,18,21-22,27-28,36,38,40,42,49H,9-10,13-17,19-20,23-24H2/p+1/t36-,38-,40?/m0/s1. The van der Waals surface area contributed by atoms with E-state index in [1.54, 1.807) is 48.8 Å². The van der Waals surface area contributed by atoms with Crippen LogP contribution in [0.4, 0.5) is 13.2 Å². The number of H-pyrrole nitrogens is 1. The fraction of sp³-hybridized carbons (Fsp3) is 0.405. The van der Waals surface area contributed by atoms with Crippen LogP contribution in [0.15, 0.2) is 79.1 Å². The summed E-state index contributed by atoms with van der Waals surface area (Å²) in [5, 5.41) is 3.85. The Hall–Kier alpha value is -4.36. The van der Waals surface area contributed by atoms with E-state index in [-0.39, 0.29) is 42.6 Å². The van der Waals surface area contributed by atoms with Gasteiger partial charge in [0.15, 0.2) is 23.9 Å². The van der Waals surface area contributed by atoms with Gasteiger partial charge in [-0.05, 0) is 85.5 Å². The minimum Gasteiger partial charge on any atom is -0.489 e. The number of hydrogen-bond acceptors (Lipinski definition) is 8. The second-order valence-electron chi connectivity index (χ2n) is 14.6. The lowest BCUT2D eigenvalue weighted by Gasteiger charge is -2.44. The lowest BCUT2D eigenvalue weighted by atomic mass is 9.86. The first-order valence-electron chi connectivity index (χ1n) is 18.8. The topological polar surface area (TPSA) is 100 Å². The third-order valence-corrected chi connectivity index (χ3v) is 11.3. The van der Waals surface area contributed by atoms with E-state index in [0.29, 0.717) is 51.7 Å². The summed E-state index contributed by atoms with van der Waals surface area (Å²) in [6, 6.07) is 16.8. The van der Waals surface area contributed by atoms with Crippen molar-refractivity contribution in [3.05, 3.63) is 123 Å². The van der Waals surface area contributed by atoms with Gasteiger partial charge in [-0.2, -0.15) is 8.78 Å². The van der Waals surface area contributed by atoms with Gasteiger partial charge >= 0.3 is 18.6 Å². The van der Waals surface area contributed by atoms with Crippen LogP contribution in [0, 0.1) is 17.7 Å². The van der Waals surface area contributed by atoms with Crippen LogP contribution in [-0.4, -0.2) is 55.8 Å². The van der Waals surface area contributed by atoms with Gasteiger partial charge < -0.3 is 18.9 Å². The van der Waals surface area contributed by atoms with E-state index in [9.17, 15) is 22.8 Å². The van der Waals surface area contributed by atoms with Crippen molar-refractivity contribution in [3.63, 3.8) is 0 Å². The Kier molecular flexibility index (Phi) is 13.0. The Morgan fingerprint density at radius 3 is 2.29 bits per heavy atom. The van der Waals surface area contributed by atoms with Crippen LogP contribution in [0.2, 0.25) is 10.0 Å². The third kappa shape index (κ3) is 10.3. The number of esters is 2. The highest BCUT2D eigenvalue weighted by atomic mass is 35.5. The molecule has 9 nitrogen and oxygen atoms in total. The first-order chi connectivity index (χ1) is 27.1. The maximum atomic E-state index is 15.0. The molecular weight excluding hydrogens is 770 g/mol. The molecule has 2 N–H and O–H groups in total. The van der Waals surface area contributed by atoms with Crippen LogP contribution < -0.4 is 19.8 Å². The lowest BCUT2D eigenvalue weighted by Crippen LogP contribution is -2.52. The highest BCUT2D eigenvalue weighted by Crippen LogP contribution is 2.38. The van der Waals surface area contributed by atoms with Crippen LogP contribution in [0.5, 0.6) is 11.5 Å². The number of ether oxygens (including phenoxy) is 4. The number of aromatic amines is 1. The summed E-state index contributed by atoms with van der Waals surface area (Å²) in [6.45, 7) is 0.221. The Morgan fingerprint density at radius 2 is 1.62 bits per heavy atom. The number of pyridine rings is 1. The largest absolute Gasteiger partial charge is 0.489 e. The van der Waals surface area contributed by atoms with E-state index in [1.165, 1.54) is 18.2 Å². The first kappa shape index (κ1) is 39.9. The summed E-state index contributed by atoms with van der Waals surface area (Å²) in [7, 11) is 0. The van der Waals surface area contributed by atoms with E-state index in [4.69, 9.17) is 42.1 Å². The highest BCUT2D eigenvalue weighted by molar-refractivity contribution is 6.35. The molecule has 0 amide bonds. The molecule has 1 unspecified atom stereocenters. The molecule has 0 radical (unpaired) electrons. The fourth-order valence-electron chi connectivity index (χ4n) is 7.26. The molecule has 1 aromatic heterocycles. The van der Waals surface area contributed by atoms with Gasteiger partial charge in [0.2, 0.25) is 0 Å². The maximum Gasteiger partial charge on any atom is 0.387 e. The summed E-state index contributed by atoms with van der Waals surface area (Å²) < 4.78 is 64.1. The molecule has 1 saturated carbocycles. The summed E-state index contributed by atoms with van der Waals surface area (Å²) >= 11 is 12.9. The van der Waals surface area contributed by atoms with Gasteiger partial charge in [0, 0.05) is 30.6 Å². The Labute approximate surface area is 333 Å². The van der Waals surface area contributed by atoms with E-state index in [2.05, 4.69) is 15.2 Å². The predicted molar refractivity (Wildman–Crippen MR) is 202 cm³/mol. The molecule has 4 heterocycles. The second-order valence-corrected chi connectivity index (χ2v) is 15.4. The number of piperidine rings is 3. The zero-order valence-electron chi connectivity index (χ0n) is 30.5. The Bertz CT molecular complexity index is 1970. The number of alkyl halides is 2. The Morgan fingerprint density at radius 1 is 0.911 bits per heavy atom. The van der Waals surface area contributed by atoms with Crippen molar-refractivity contribution in [3.8, 4) is 11.5 Å². The summed E-state index contributed by atoms with van der Waals surface area (Å²) in [4.78, 5) is 32.2. The minimum atomic E-state index is -3.05. The van der Waals surface area contributed by atoms with Crippen LogP contribution in [0.3, 0.4) is 0 Å². The number of rotatable bonds is 17. The monoisotopic (exact) mass is 812 g/mol. The molecular formula is C42H43Cl2F3N3O6+. The molecule has 8 rings (SSSR count). The molecule has 3 saturated heterocycles. The predicted octanol–water partition coefficient (Wildman–Crippen LogP) is 7.87.